The van der Waals surface area contributed by atoms with Gasteiger partial charge in [-0.05, 0) is 6.08 Å². The molecule has 0 bridgehead atoms. The van der Waals surface area contributed by atoms with E-state index < -0.39 is 29.8 Å². The summed E-state index contributed by atoms with van der Waals surface area (Å²) in [6.07, 6.45) is -6.01. The SMILES string of the molecule is FC(F)(F)COC1(C(F)(F)F)C=CC=CC1S. The van der Waals surface area contributed by atoms with Crippen LogP contribution in [0.3, 0.4) is 0 Å². The smallest absolute Gasteiger partial charge is 0.350 e. The van der Waals surface area contributed by atoms with Crippen LogP contribution in [0.2, 0.25) is 0 Å². The number of halogens is 6. The molecule has 2 atom stereocenters. The maximum Gasteiger partial charge on any atom is 0.422 e. The maximum absolute atomic E-state index is 12.8. The summed E-state index contributed by atoms with van der Waals surface area (Å²) in [5, 5.41) is -1.52. The summed E-state index contributed by atoms with van der Waals surface area (Å²) in [5.41, 5.74) is -3.04. The molecule has 1 aliphatic carbocycles. The van der Waals surface area contributed by atoms with E-state index in [0.717, 1.165) is 12.2 Å². The molecule has 0 aromatic carbocycles. The lowest BCUT2D eigenvalue weighted by atomic mass is 9.93. The van der Waals surface area contributed by atoms with Crippen molar-refractivity contribution in [3.05, 3.63) is 24.3 Å². The average molecular weight is 278 g/mol. The van der Waals surface area contributed by atoms with Gasteiger partial charge < -0.3 is 4.74 Å². The molecule has 8 heteroatoms. The summed E-state index contributed by atoms with van der Waals surface area (Å²) in [6, 6.07) is 0. The van der Waals surface area contributed by atoms with E-state index in [0.29, 0.717) is 6.08 Å². The van der Waals surface area contributed by atoms with Crippen LogP contribution in [0.5, 0.6) is 0 Å². The van der Waals surface area contributed by atoms with Crippen molar-refractivity contribution in [1.29, 1.82) is 0 Å². The predicted octanol–water partition coefficient (Wildman–Crippen LogP) is 3.29. The molecule has 0 amide bonds. The summed E-state index contributed by atoms with van der Waals surface area (Å²) in [6.45, 7) is -1.98. The molecule has 0 radical (unpaired) electrons. The minimum atomic E-state index is -4.98. The van der Waals surface area contributed by atoms with Crippen molar-refractivity contribution in [3.8, 4) is 0 Å². The van der Waals surface area contributed by atoms with Crippen LogP contribution in [0.25, 0.3) is 0 Å². The zero-order chi connectivity index (χ0) is 13.3. The minimum absolute atomic E-state index is 0.538. The third kappa shape index (κ3) is 3.19. The molecule has 1 rings (SSSR count). The Balaban J connectivity index is 2.97. The van der Waals surface area contributed by atoms with E-state index in [1.54, 1.807) is 0 Å². The Bertz CT molecular complexity index is 331. The lowest BCUT2D eigenvalue weighted by Gasteiger charge is -2.37. The Labute approximate surface area is 98.5 Å². The highest BCUT2D eigenvalue weighted by molar-refractivity contribution is 7.81. The van der Waals surface area contributed by atoms with E-state index >= 15 is 0 Å². The molecule has 1 aliphatic rings. The van der Waals surface area contributed by atoms with Crippen molar-refractivity contribution in [2.24, 2.45) is 0 Å². The first-order valence-corrected chi connectivity index (χ1v) is 4.92. The number of hydrogen-bond acceptors (Lipinski definition) is 2. The van der Waals surface area contributed by atoms with Crippen LogP contribution in [0.1, 0.15) is 0 Å². The van der Waals surface area contributed by atoms with Gasteiger partial charge in [0.1, 0.15) is 6.61 Å². The number of allylic oxidation sites excluding steroid dienone is 2. The standard InChI is InChI=1S/C9H8F6OS/c10-8(11,12)5-16-7(9(13,14)15)4-2-1-3-6(7)17/h1-4,6,17H,5H2. The van der Waals surface area contributed by atoms with Crippen LogP contribution < -0.4 is 0 Å². The zero-order valence-corrected chi connectivity index (χ0v) is 9.11. The normalized spacial score (nSPS) is 29.7. The molecule has 2 unspecified atom stereocenters. The molecule has 0 saturated carbocycles. The first-order chi connectivity index (χ1) is 7.58. The van der Waals surface area contributed by atoms with E-state index in [1.165, 1.54) is 6.08 Å². The van der Waals surface area contributed by atoms with Gasteiger partial charge in [-0.1, -0.05) is 18.2 Å². The Morgan fingerprint density at radius 3 is 2.12 bits per heavy atom. The molecule has 0 fully saturated rings. The zero-order valence-electron chi connectivity index (χ0n) is 8.22. The fraction of sp³-hybridized carbons (Fsp3) is 0.556. The molecule has 0 aliphatic heterocycles. The van der Waals surface area contributed by atoms with Crippen LogP contribution in [-0.4, -0.2) is 29.8 Å². The summed E-state index contributed by atoms with van der Waals surface area (Å²) >= 11 is 3.61. The Kier molecular flexibility index (Phi) is 3.87. The number of hydrogen-bond donors (Lipinski definition) is 1. The lowest BCUT2D eigenvalue weighted by Crippen LogP contribution is -2.54. The van der Waals surface area contributed by atoms with Gasteiger partial charge in [-0.15, -0.1) is 0 Å². The average Bonchev–Trinajstić information content (AvgIpc) is 2.13. The van der Waals surface area contributed by atoms with E-state index in [4.69, 9.17) is 0 Å². The van der Waals surface area contributed by atoms with Gasteiger partial charge in [-0.2, -0.15) is 39.0 Å². The quantitative estimate of drug-likeness (QED) is 0.602. The molecule has 98 valence electrons. The van der Waals surface area contributed by atoms with Gasteiger partial charge in [0, 0.05) is 0 Å². The van der Waals surface area contributed by atoms with Crippen LogP contribution in [-0.2, 0) is 4.74 Å². The maximum atomic E-state index is 12.8. The minimum Gasteiger partial charge on any atom is -0.350 e. The molecular weight excluding hydrogens is 270 g/mol. The van der Waals surface area contributed by atoms with Crippen molar-refractivity contribution in [1.82, 2.24) is 0 Å². The summed E-state index contributed by atoms with van der Waals surface area (Å²) in [4.78, 5) is 0. The Hall–Kier alpha value is -0.630. The van der Waals surface area contributed by atoms with Crippen molar-refractivity contribution in [2.75, 3.05) is 6.61 Å². The van der Waals surface area contributed by atoms with Gasteiger partial charge in [0.05, 0.1) is 5.25 Å². The van der Waals surface area contributed by atoms with Gasteiger partial charge in [-0.25, -0.2) is 0 Å². The second-order valence-electron chi connectivity index (χ2n) is 3.38. The molecule has 0 aromatic heterocycles. The topological polar surface area (TPSA) is 9.23 Å². The summed E-state index contributed by atoms with van der Waals surface area (Å²) in [7, 11) is 0. The molecule has 0 aromatic rings. The van der Waals surface area contributed by atoms with Crippen LogP contribution in [0, 0.1) is 0 Å². The lowest BCUT2D eigenvalue weighted by molar-refractivity contribution is -0.283. The van der Waals surface area contributed by atoms with Gasteiger partial charge in [-0.3, -0.25) is 0 Å². The third-order valence-electron chi connectivity index (χ3n) is 2.11. The monoisotopic (exact) mass is 278 g/mol. The fourth-order valence-corrected chi connectivity index (χ4v) is 1.69. The van der Waals surface area contributed by atoms with E-state index in [9.17, 15) is 26.3 Å². The van der Waals surface area contributed by atoms with Crippen molar-refractivity contribution in [2.45, 2.75) is 23.2 Å². The van der Waals surface area contributed by atoms with Crippen LogP contribution in [0.15, 0.2) is 24.3 Å². The third-order valence-corrected chi connectivity index (χ3v) is 2.66. The van der Waals surface area contributed by atoms with Gasteiger partial charge >= 0.3 is 12.4 Å². The molecule has 0 heterocycles. The van der Waals surface area contributed by atoms with Crippen LogP contribution >= 0.6 is 12.6 Å². The van der Waals surface area contributed by atoms with Gasteiger partial charge in [0.25, 0.3) is 0 Å². The van der Waals surface area contributed by atoms with Gasteiger partial charge in [0.15, 0.2) is 5.60 Å². The molecule has 0 spiro atoms. The highest BCUT2D eigenvalue weighted by Crippen LogP contribution is 2.42. The highest BCUT2D eigenvalue weighted by atomic mass is 32.1. The predicted molar refractivity (Wildman–Crippen MR) is 51.8 cm³/mol. The largest absolute Gasteiger partial charge is 0.422 e. The van der Waals surface area contributed by atoms with E-state index in [-0.39, 0.29) is 0 Å². The number of rotatable bonds is 2. The second kappa shape index (κ2) is 4.56. The van der Waals surface area contributed by atoms with Crippen molar-refractivity contribution >= 4 is 12.6 Å². The molecular formula is C9H8F6OS. The first kappa shape index (κ1) is 14.4. The number of ether oxygens (including phenoxy) is 1. The molecule has 1 nitrogen and oxygen atoms in total. The van der Waals surface area contributed by atoms with E-state index in [1.807, 2.05) is 0 Å². The number of thiol groups is 1. The summed E-state index contributed by atoms with van der Waals surface area (Å²) in [5.74, 6) is 0. The second-order valence-corrected chi connectivity index (χ2v) is 3.94. The summed E-state index contributed by atoms with van der Waals surface area (Å²) < 4.78 is 78.2. The Morgan fingerprint density at radius 2 is 1.71 bits per heavy atom. The van der Waals surface area contributed by atoms with E-state index in [2.05, 4.69) is 17.4 Å². The Morgan fingerprint density at radius 1 is 1.12 bits per heavy atom. The van der Waals surface area contributed by atoms with Crippen LogP contribution in [0.4, 0.5) is 26.3 Å². The van der Waals surface area contributed by atoms with Crippen molar-refractivity contribution < 1.29 is 31.1 Å². The number of alkyl halides is 6. The molecule has 0 N–H and O–H groups in total. The highest BCUT2D eigenvalue weighted by Gasteiger charge is 2.59. The van der Waals surface area contributed by atoms with Gasteiger partial charge in [0.2, 0.25) is 0 Å². The molecule has 17 heavy (non-hydrogen) atoms. The van der Waals surface area contributed by atoms with Crippen molar-refractivity contribution in [3.63, 3.8) is 0 Å². The first-order valence-electron chi connectivity index (χ1n) is 4.40. The fourth-order valence-electron chi connectivity index (χ4n) is 1.29. The molecule has 0 saturated heterocycles.